The van der Waals surface area contributed by atoms with Gasteiger partial charge in [-0.3, -0.25) is 4.79 Å². The zero-order valence-electron chi connectivity index (χ0n) is 11.9. The second kappa shape index (κ2) is 7.17. The van der Waals surface area contributed by atoms with E-state index >= 15 is 0 Å². The molecule has 5 nitrogen and oxygen atoms in total. The predicted octanol–water partition coefficient (Wildman–Crippen LogP) is 2.08. The van der Waals surface area contributed by atoms with Gasteiger partial charge in [0.05, 0.1) is 37.5 Å². The average Bonchev–Trinajstić information content (AvgIpc) is 2.50. The van der Waals surface area contributed by atoms with Crippen molar-refractivity contribution in [3.63, 3.8) is 0 Å². The Bertz CT molecular complexity index is 592. The lowest BCUT2D eigenvalue weighted by Gasteiger charge is -2.09. The lowest BCUT2D eigenvalue weighted by Crippen LogP contribution is -2.16. The fraction of sp³-hybridized carbons (Fsp3) is 0.467. The second-order valence-corrected chi connectivity index (χ2v) is 4.86. The summed E-state index contributed by atoms with van der Waals surface area (Å²) in [6.45, 7) is 7.24. The summed E-state index contributed by atoms with van der Waals surface area (Å²) in [7, 11) is 0. The van der Waals surface area contributed by atoms with E-state index < -0.39 is 0 Å². The molecule has 1 aliphatic rings. The summed E-state index contributed by atoms with van der Waals surface area (Å²) in [6.07, 6.45) is 0. The standard InChI is InChI=1S/C11H12N2O.C4H8O2/c1-7(2)10-8-5-3-4-6-9(8)11(14)13-12-10;1-2-6-4-3-5-1/h3-7H,1-2H3,(H,13,14);1-4H2. The number of rotatable bonds is 1. The number of nitrogens with zero attached hydrogens (tertiary/aromatic N) is 1. The van der Waals surface area contributed by atoms with Crippen LogP contribution in [0.25, 0.3) is 10.8 Å². The van der Waals surface area contributed by atoms with Gasteiger partial charge in [-0.05, 0) is 12.0 Å². The molecule has 1 N–H and O–H groups in total. The van der Waals surface area contributed by atoms with Gasteiger partial charge in [0.1, 0.15) is 0 Å². The number of H-pyrrole nitrogens is 1. The van der Waals surface area contributed by atoms with Crippen molar-refractivity contribution >= 4 is 10.8 Å². The van der Waals surface area contributed by atoms with E-state index in [1.54, 1.807) is 0 Å². The number of aromatic amines is 1. The van der Waals surface area contributed by atoms with Crippen molar-refractivity contribution in [2.24, 2.45) is 0 Å². The third-order valence-electron chi connectivity index (χ3n) is 3.02. The highest BCUT2D eigenvalue weighted by molar-refractivity contribution is 5.83. The fourth-order valence-corrected chi connectivity index (χ4v) is 2.02. The number of hydrogen-bond acceptors (Lipinski definition) is 4. The van der Waals surface area contributed by atoms with Crippen LogP contribution in [0.15, 0.2) is 29.1 Å². The van der Waals surface area contributed by atoms with E-state index in [0.29, 0.717) is 11.3 Å². The minimum atomic E-state index is -0.120. The van der Waals surface area contributed by atoms with Gasteiger partial charge in [-0.25, -0.2) is 5.10 Å². The van der Waals surface area contributed by atoms with Crippen LogP contribution in [-0.4, -0.2) is 36.6 Å². The third-order valence-corrected chi connectivity index (χ3v) is 3.02. The van der Waals surface area contributed by atoms with Gasteiger partial charge in [-0.1, -0.05) is 32.0 Å². The molecule has 0 amide bonds. The molecule has 1 aliphatic heterocycles. The van der Waals surface area contributed by atoms with Crippen LogP contribution in [0.4, 0.5) is 0 Å². The summed E-state index contributed by atoms with van der Waals surface area (Å²) in [5, 5.41) is 8.25. The Balaban J connectivity index is 0.000000205. The molecule has 3 rings (SSSR count). The van der Waals surface area contributed by atoms with Gasteiger partial charge in [0.2, 0.25) is 0 Å². The fourth-order valence-electron chi connectivity index (χ4n) is 2.02. The van der Waals surface area contributed by atoms with Gasteiger partial charge >= 0.3 is 0 Å². The largest absolute Gasteiger partial charge is 0.377 e. The van der Waals surface area contributed by atoms with Crippen LogP contribution >= 0.6 is 0 Å². The number of benzene rings is 1. The van der Waals surface area contributed by atoms with Gasteiger partial charge in [-0.15, -0.1) is 0 Å². The number of hydrogen-bond donors (Lipinski definition) is 1. The van der Waals surface area contributed by atoms with E-state index in [-0.39, 0.29) is 5.56 Å². The minimum Gasteiger partial charge on any atom is -0.377 e. The summed E-state index contributed by atoms with van der Waals surface area (Å²) in [5.41, 5.74) is 0.824. The molecule has 108 valence electrons. The lowest BCUT2D eigenvalue weighted by atomic mass is 10.0. The highest BCUT2D eigenvalue weighted by Crippen LogP contribution is 2.19. The maximum Gasteiger partial charge on any atom is 0.272 e. The molecule has 1 aromatic heterocycles. The molecule has 0 spiro atoms. The molecule has 2 aromatic rings. The topological polar surface area (TPSA) is 64.2 Å². The van der Waals surface area contributed by atoms with Crippen molar-refractivity contribution in [3.05, 3.63) is 40.3 Å². The zero-order chi connectivity index (χ0) is 14.4. The molecule has 0 aliphatic carbocycles. The molecule has 0 radical (unpaired) electrons. The van der Waals surface area contributed by atoms with E-state index in [2.05, 4.69) is 24.0 Å². The van der Waals surface area contributed by atoms with E-state index in [9.17, 15) is 4.79 Å². The van der Waals surface area contributed by atoms with Crippen LogP contribution in [0.3, 0.4) is 0 Å². The monoisotopic (exact) mass is 276 g/mol. The quantitative estimate of drug-likeness (QED) is 0.866. The molecule has 1 aromatic carbocycles. The number of fused-ring (bicyclic) bond motifs is 1. The summed E-state index contributed by atoms with van der Waals surface area (Å²) in [6, 6.07) is 7.55. The van der Waals surface area contributed by atoms with E-state index in [0.717, 1.165) is 37.5 Å². The van der Waals surface area contributed by atoms with Crippen LogP contribution in [0.5, 0.6) is 0 Å². The Morgan fingerprint density at radius 2 is 1.60 bits per heavy atom. The normalized spacial score (nSPS) is 14.9. The summed E-state index contributed by atoms with van der Waals surface area (Å²) in [4.78, 5) is 11.4. The SMILES string of the molecule is C1COCCO1.CC(C)c1n[nH]c(=O)c2ccccc12. The van der Waals surface area contributed by atoms with Gasteiger partial charge in [0, 0.05) is 5.39 Å². The molecule has 0 bridgehead atoms. The molecule has 20 heavy (non-hydrogen) atoms. The first-order valence-corrected chi connectivity index (χ1v) is 6.83. The Morgan fingerprint density at radius 3 is 2.10 bits per heavy atom. The van der Waals surface area contributed by atoms with Crippen LogP contribution in [-0.2, 0) is 9.47 Å². The van der Waals surface area contributed by atoms with Crippen LogP contribution in [0.2, 0.25) is 0 Å². The molecule has 0 unspecified atom stereocenters. The zero-order valence-corrected chi connectivity index (χ0v) is 11.9. The van der Waals surface area contributed by atoms with Gasteiger partial charge in [0.25, 0.3) is 5.56 Å². The molecular weight excluding hydrogens is 256 g/mol. The highest BCUT2D eigenvalue weighted by atomic mass is 16.6. The summed E-state index contributed by atoms with van der Waals surface area (Å²) < 4.78 is 9.89. The van der Waals surface area contributed by atoms with Crippen LogP contribution in [0, 0.1) is 0 Å². The molecular formula is C15H20N2O3. The van der Waals surface area contributed by atoms with E-state index in [1.165, 1.54) is 0 Å². The van der Waals surface area contributed by atoms with Gasteiger partial charge in [0.15, 0.2) is 0 Å². The lowest BCUT2D eigenvalue weighted by molar-refractivity contribution is -0.0334. The van der Waals surface area contributed by atoms with E-state index in [1.807, 2.05) is 24.3 Å². The summed E-state index contributed by atoms with van der Waals surface area (Å²) >= 11 is 0. The van der Waals surface area contributed by atoms with Gasteiger partial charge in [-0.2, -0.15) is 5.10 Å². The number of ether oxygens (including phenoxy) is 2. The molecule has 1 fully saturated rings. The highest BCUT2D eigenvalue weighted by Gasteiger charge is 2.08. The molecule has 2 heterocycles. The Kier molecular flexibility index (Phi) is 5.26. The Labute approximate surface area is 117 Å². The average molecular weight is 276 g/mol. The molecule has 0 saturated carbocycles. The van der Waals surface area contributed by atoms with E-state index in [4.69, 9.17) is 9.47 Å². The van der Waals surface area contributed by atoms with Crippen molar-refractivity contribution in [3.8, 4) is 0 Å². The first-order valence-electron chi connectivity index (χ1n) is 6.83. The Morgan fingerprint density at radius 1 is 1.05 bits per heavy atom. The molecule has 0 atom stereocenters. The predicted molar refractivity (Wildman–Crippen MR) is 78.1 cm³/mol. The number of aromatic nitrogens is 2. The second-order valence-electron chi connectivity index (χ2n) is 4.86. The third kappa shape index (κ3) is 3.65. The first-order chi connectivity index (χ1) is 9.70. The maximum atomic E-state index is 11.4. The smallest absolute Gasteiger partial charge is 0.272 e. The van der Waals surface area contributed by atoms with Crippen molar-refractivity contribution < 1.29 is 9.47 Å². The van der Waals surface area contributed by atoms with Crippen LogP contribution < -0.4 is 5.56 Å². The van der Waals surface area contributed by atoms with Crippen molar-refractivity contribution in [2.75, 3.05) is 26.4 Å². The van der Waals surface area contributed by atoms with Crippen molar-refractivity contribution in [1.29, 1.82) is 0 Å². The minimum absolute atomic E-state index is 0.120. The Hall–Kier alpha value is -1.72. The van der Waals surface area contributed by atoms with Gasteiger partial charge < -0.3 is 9.47 Å². The van der Waals surface area contributed by atoms with Crippen molar-refractivity contribution in [1.82, 2.24) is 10.2 Å². The summed E-state index contributed by atoms with van der Waals surface area (Å²) in [5.74, 6) is 0.316. The maximum absolute atomic E-state index is 11.4. The first kappa shape index (κ1) is 14.7. The molecule has 5 heteroatoms. The number of nitrogens with one attached hydrogen (secondary N) is 1. The van der Waals surface area contributed by atoms with Crippen molar-refractivity contribution in [2.45, 2.75) is 19.8 Å². The molecule has 1 saturated heterocycles. The van der Waals surface area contributed by atoms with Crippen LogP contribution in [0.1, 0.15) is 25.5 Å².